The summed E-state index contributed by atoms with van der Waals surface area (Å²) >= 11 is -0.826. The minimum absolute atomic E-state index is 0.140. The molecule has 1 rings (SSSR count). The zero-order chi connectivity index (χ0) is 17.3. The topological polar surface area (TPSA) is 41.8 Å². The molecule has 0 amide bonds. The van der Waals surface area contributed by atoms with Gasteiger partial charge in [0, 0.05) is 23.9 Å². The van der Waals surface area contributed by atoms with Crippen molar-refractivity contribution in [3.05, 3.63) is 23.3 Å². The van der Waals surface area contributed by atoms with Crippen LogP contribution in [0, 0.1) is 5.92 Å². The van der Waals surface area contributed by atoms with E-state index in [1.165, 1.54) is 0 Å². The number of phenolic OH excluding ortho intramolecular Hbond substituents is 1. The van der Waals surface area contributed by atoms with Crippen LogP contribution in [-0.2, 0) is 26.3 Å². The Hall–Kier alpha value is -0.0469. The minimum atomic E-state index is -0.826. The monoisotopic (exact) mass is 423 g/mol. The summed E-state index contributed by atoms with van der Waals surface area (Å²) in [6.45, 7) is 11.2. The van der Waals surface area contributed by atoms with E-state index in [0.717, 1.165) is 17.9 Å². The predicted molar refractivity (Wildman–Crippen MR) is 92.4 cm³/mol. The molecule has 3 nitrogen and oxygen atoms in total. The third kappa shape index (κ3) is 7.99. The number of benzene rings is 1. The number of nitrogens with zero attached hydrogens (tertiary/aromatic N) is 1. The van der Waals surface area contributed by atoms with Gasteiger partial charge in [-0.15, -0.1) is 0 Å². The van der Waals surface area contributed by atoms with Gasteiger partial charge in [0.05, 0.1) is 7.11 Å². The van der Waals surface area contributed by atoms with Crippen LogP contribution in [0.1, 0.15) is 45.7 Å². The summed E-state index contributed by atoms with van der Waals surface area (Å²) in [5.41, 5.74) is 1.45. The second-order valence-corrected chi connectivity index (χ2v) is 10.1. The van der Waals surface area contributed by atoms with Gasteiger partial charge in [0.15, 0.2) is 0 Å². The molecular formula is C16H25Cl2NO2Zr. The second-order valence-electron chi connectivity index (χ2n) is 6.32. The van der Waals surface area contributed by atoms with E-state index in [9.17, 15) is 5.11 Å². The van der Waals surface area contributed by atoms with E-state index in [2.05, 4.69) is 39.6 Å². The molecule has 1 aromatic carbocycles. The van der Waals surface area contributed by atoms with Crippen molar-refractivity contribution in [3.8, 4) is 11.5 Å². The molecule has 0 saturated carbocycles. The van der Waals surface area contributed by atoms with Crippen LogP contribution in [-0.4, -0.2) is 25.0 Å². The fourth-order valence-electron chi connectivity index (χ4n) is 1.78. The van der Waals surface area contributed by atoms with E-state index in [0.29, 0.717) is 17.2 Å². The Balaban J connectivity index is 0.00000135. The summed E-state index contributed by atoms with van der Waals surface area (Å²) in [5, 5.41) is 10.4. The van der Waals surface area contributed by atoms with Crippen molar-refractivity contribution in [2.75, 3.05) is 13.7 Å². The Morgan fingerprint density at radius 2 is 1.86 bits per heavy atom. The third-order valence-electron chi connectivity index (χ3n) is 2.86. The van der Waals surface area contributed by atoms with Crippen LogP contribution in [0.3, 0.4) is 0 Å². The number of hydrogen-bond donors (Lipinski definition) is 1. The molecule has 0 spiro atoms. The number of methoxy groups -OCH3 is 1. The predicted octanol–water partition coefficient (Wildman–Crippen LogP) is 5.15. The molecule has 0 saturated heterocycles. The second kappa shape index (κ2) is 10.7. The first-order valence-corrected chi connectivity index (χ1v) is 13.4. The van der Waals surface area contributed by atoms with Gasteiger partial charge in [0.2, 0.25) is 0 Å². The van der Waals surface area contributed by atoms with Crippen LogP contribution in [0.2, 0.25) is 0 Å². The van der Waals surface area contributed by atoms with Crippen LogP contribution >= 0.6 is 17.0 Å². The van der Waals surface area contributed by atoms with Crippen molar-refractivity contribution in [2.45, 2.75) is 40.0 Å². The molecule has 22 heavy (non-hydrogen) atoms. The Morgan fingerprint density at radius 3 is 2.27 bits per heavy atom. The van der Waals surface area contributed by atoms with E-state index in [1.807, 2.05) is 12.1 Å². The van der Waals surface area contributed by atoms with Crippen molar-refractivity contribution in [1.29, 1.82) is 0 Å². The summed E-state index contributed by atoms with van der Waals surface area (Å²) in [6.07, 6.45) is 1.73. The van der Waals surface area contributed by atoms with Crippen molar-refractivity contribution < 1.29 is 30.7 Å². The van der Waals surface area contributed by atoms with E-state index in [4.69, 9.17) is 21.8 Å². The van der Waals surface area contributed by atoms with Gasteiger partial charge < -0.3 is 9.84 Å². The van der Waals surface area contributed by atoms with Crippen LogP contribution in [0.5, 0.6) is 11.5 Å². The molecule has 124 valence electrons. The van der Waals surface area contributed by atoms with Crippen LogP contribution in [0.15, 0.2) is 17.1 Å². The summed E-state index contributed by atoms with van der Waals surface area (Å²) in [6, 6.07) is 3.70. The summed E-state index contributed by atoms with van der Waals surface area (Å²) in [4.78, 5) is 4.36. The van der Waals surface area contributed by atoms with Crippen LogP contribution in [0.4, 0.5) is 0 Å². The Labute approximate surface area is 152 Å². The zero-order valence-electron chi connectivity index (χ0n) is 14.1. The zero-order valence-corrected chi connectivity index (χ0v) is 18.0. The molecule has 0 aromatic heterocycles. The Bertz CT molecular complexity index is 486. The molecule has 0 atom stereocenters. The van der Waals surface area contributed by atoms with Crippen LogP contribution < -0.4 is 4.74 Å². The first-order valence-electron chi connectivity index (χ1n) is 7.04. The van der Waals surface area contributed by atoms with Gasteiger partial charge in [-0.2, -0.15) is 0 Å². The van der Waals surface area contributed by atoms with Crippen LogP contribution in [0.25, 0.3) is 0 Å². The molecule has 0 aliphatic carbocycles. The Morgan fingerprint density at radius 1 is 1.32 bits per heavy atom. The number of phenols is 1. The van der Waals surface area contributed by atoms with Crippen molar-refractivity contribution >= 4 is 23.2 Å². The average Bonchev–Trinajstić information content (AvgIpc) is 2.39. The van der Waals surface area contributed by atoms with Gasteiger partial charge in [-0.1, -0.05) is 34.6 Å². The molecule has 1 N–H and O–H groups in total. The van der Waals surface area contributed by atoms with Gasteiger partial charge in [-0.3, -0.25) is 4.99 Å². The summed E-state index contributed by atoms with van der Waals surface area (Å²) < 4.78 is 5.30. The molecule has 0 aliphatic heterocycles. The van der Waals surface area contributed by atoms with Gasteiger partial charge in [-0.05, 0) is 23.5 Å². The first kappa shape index (κ1) is 22.0. The maximum atomic E-state index is 10.4. The fraction of sp³-hybridized carbons (Fsp3) is 0.562. The quantitative estimate of drug-likeness (QED) is 0.678. The molecule has 0 fully saturated rings. The average molecular weight is 426 g/mol. The van der Waals surface area contributed by atoms with E-state index < -0.39 is 20.8 Å². The number of hydrogen-bond acceptors (Lipinski definition) is 3. The number of rotatable bonds is 4. The molecule has 1 aromatic rings. The van der Waals surface area contributed by atoms with E-state index in [1.54, 1.807) is 13.3 Å². The molecule has 0 radical (unpaired) electrons. The van der Waals surface area contributed by atoms with Crippen molar-refractivity contribution in [3.63, 3.8) is 0 Å². The Kier molecular flexibility index (Phi) is 10.7. The molecular weight excluding hydrogens is 400 g/mol. The molecule has 0 unspecified atom stereocenters. The summed E-state index contributed by atoms with van der Waals surface area (Å²) in [7, 11) is 11.5. The summed E-state index contributed by atoms with van der Waals surface area (Å²) in [5.74, 6) is 1.54. The first-order chi connectivity index (χ1) is 10.2. The van der Waals surface area contributed by atoms with Gasteiger partial charge in [-0.25, -0.2) is 0 Å². The molecule has 0 bridgehead atoms. The van der Waals surface area contributed by atoms with Crippen molar-refractivity contribution in [1.82, 2.24) is 0 Å². The number of aromatic hydroxyl groups is 1. The van der Waals surface area contributed by atoms with E-state index in [-0.39, 0.29) is 5.41 Å². The van der Waals surface area contributed by atoms with Gasteiger partial charge in [0.25, 0.3) is 0 Å². The fourth-order valence-corrected chi connectivity index (χ4v) is 1.78. The van der Waals surface area contributed by atoms with Crippen molar-refractivity contribution in [2.24, 2.45) is 10.9 Å². The SMILES string of the molecule is COc1cc(C=NCC(C)C)c(O)c(C(C)(C)C)c1.[Cl][Zr][Cl]. The number of halogens is 2. The van der Waals surface area contributed by atoms with Gasteiger partial charge >= 0.3 is 37.9 Å². The van der Waals surface area contributed by atoms with Gasteiger partial charge in [0.1, 0.15) is 11.5 Å². The molecule has 0 aliphatic rings. The normalized spacial score (nSPS) is 11.3. The van der Waals surface area contributed by atoms with E-state index >= 15 is 0 Å². The molecule has 6 heteroatoms. The number of aliphatic imine (C=N–C) groups is 1. The number of ether oxygens (including phenoxy) is 1. The molecule has 0 heterocycles. The maximum absolute atomic E-state index is 10.4. The third-order valence-corrected chi connectivity index (χ3v) is 2.86. The standard InChI is InChI=1S/C16H25NO2.2ClH.Zr/c1-11(2)9-17-10-12-7-13(19-6)8-14(15(12)18)16(3,4)5;;;/h7-8,10-11,18H,9H2,1-6H3;2*1H;/q;;;+2/p-2.